The van der Waals surface area contributed by atoms with Gasteiger partial charge in [-0.15, -0.1) is 0 Å². The van der Waals surface area contributed by atoms with Crippen molar-refractivity contribution in [1.82, 2.24) is 10.2 Å². The number of carbonyl (C=O) groups is 1. The van der Waals surface area contributed by atoms with E-state index in [2.05, 4.69) is 5.32 Å². The molecule has 4 nitrogen and oxygen atoms in total. The zero-order valence-electron chi connectivity index (χ0n) is 11.1. The normalized spacial score (nSPS) is 17.3. The van der Waals surface area contributed by atoms with Crippen LogP contribution in [0.3, 0.4) is 0 Å². The van der Waals surface area contributed by atoms with E-state index in [0.29, 0.717) is 13.1 Å². The fraction of sp³-hybridized carbons (Fsp3) is 0.500. The smallest absolute Gasteiger partial charge is 0.407 e. The summed E-state index contributed by atoms with van der Waals surface area (Å²) in [5.74, 6) is 0. The Morgan fingerprint density at radius 1 is 1.40 bits per heavy atom. The maximum Gasteiger partial charge on any atom is 0.407 e. The Balaban J connectivity index is 1.60. The van der Waals surface area contributed by atoms with Gasteiger partial charge in [0.2, 0.25) is 0 Å². The second-order valence-corrected chi connectivity index (χ2v) is 4.87. The summed E-state index contributed by atoms with van der Waals surface area (Å²) in [5, 5.41) is 2.69. The van der Waals surface area contributed by atoms with Crippen LogP contribution in [0.25, 0.3) is 0 Å². The van der Waals surface area contributed by atoms with Crippen molar-refractivity contribution in [2.75, 3.05) is 26.3 Å². The molecule has 1 fully saturated rings. The molecule has 1 aromatic carbocycles. The lowest BCUT2D eigenvalue weighted by atomic mass is 10.1. The van der Waals surface area contributed by atoms with E-state index in [0.717, 1.165) is 5.56 Å². The summed E-state index contributed by atoms with van der Waals surface area (Å²) in [7, 11) is 0. The predicted octanol–water partition coefficient (Wildman–Crippen LogP) is 1.90. The number of hydrogen-bond donors (Lipinski definition) is 1. The molecule has 1 aliphatic heterocycles. The number of benzene rings is 1. The molecule has 0 saturated carbocycles. The molecular formula is C14H18F2N2O2. The van der Waals surface area contributed by atoms with Crippen LogP contribution in [0.5, 0.6) is 0 Å². The van der Waals surface area contributed by atoms with Crippen LogP contribution in [0.1, 0.15) is 5.56 Å². The van der Waals surface area contributed by atoms with E-state index in [1.54, 1.807) is 4.90 Å². The molecule has 110 valence electrons. The Labute approximate surface area is 116 Å². The number of ether oxygens (including phenoxy) is 1. The quantitative estimate of drug-likeness (QED) is 0.867. The highest BCUT2D eigenvalue weighted by Gasteiger charge is 2.30. The molecule has 1 unspecified atom stereocenters. The van der Waals surface area contributed by atoms with E-state index in [4.69, 9.17) is 4.74 Å². The number of nitrogens with one attached hydrogen (secondary N) is 1. The van der Waals surface area contributed by atoms with Gasteiger partial charge in [-0.1, -0.05) is 30.3 Å². The van der Waals surface area contributed by atoms with Crippen LogP contribution in [-0.2, 0) is 11.3 Å². The van der Waals surface area contributed by atoms with E-state index in [1.165, 1.54) is 0 Å². The minimum Gasteiger partial charge on any atom is -0.445 e. The summed E-state index contributed by atoms with van der Waals surface area (Å²) < 4.78 is 29.8. The zero-order chi connectivity index (χ0) is 14.4. The Morgan fingerprint density at radius 2 is 2.10 bits per heavy atom. The molecule has 0 bridgehead atoms. The van der Waals surface area contributed by atoms with Crippen molar-refractivity contribution in [3.63, 3.8) is 0 Å². The van der Waals surface area contributed by atoms with Crippen LogP contribution >= 0.6 is 0 Å². The summed E-state index contributed by atoms with van der Waals surface area (Å²) in [6, 6.07) is 9.33. The lowest BCUT2D eigenvalue weighted by Crippen LogP contribution is -2.60. The summed E-state index contributed by atoms with van der Waals surface area (Å²) in [6.45, 7) is 0.390. The molecule has 1 aliphatic rings. The Bertz CT molecular complexity index is 424. The molecular weight excluding hydrogens is 266 g/mol. The van der Waals surface area contributed by atoms with Crippen LogP contribution in [0, 0.1) is 0 Å². The molecule has 2 rings (SSSR count). The van der Waals surface area contributed by atoms with Gasteiger partial charge in [0.1, 0.15) is 19.5 Å². The van der Waals surface area contributed by atoms with E-state index >= 15 is 0 Å². The first-order valence-electron chi connectivity index (χ1n) is 6.57. The number of alkyl carbamates (subject to hydrolysis) is 1. The summed E-state index contributed by atoms with van der Waals surface area (Å²) >= 11 is 0. The van der Waals surface area contributed by atoms with Gasteiger partial charge in [0.15, 0.2) is 0 Å². The van der Waals surface area contributed by atoms with E-state index in [-0.39, 0.29) is 19.2 Å². The van der Waals surface area contributed by atoms with Gasteiger partial charge in [-0.25, -0.2) is 13.6 Å². The molecule has 1 amide bonds. The van der Waals surface area contributed by atoms with Crippen molar-refractivity contribution < 1.29 is 18.3 Å². The van der Waals surface area contributed by atoms with Crippen molar-refractivity contribution >= 4 is 6.09 Å². The second-order valence-electron chi connectivity index (χ2n) is 4.87. The van der Waals surface area contributed by atoms with Gasteiger partial charge in [-0.05, 0) is 5.56 Å². The van der Waals surface area contributed by atoms with E-state index in [1.807, 2.05) is 30.3 Å². The van der Waals surface area contributed by atoms with Gasteiger partial charge in [-0.2, -0.15) is 0 Å². The van der Waals surface area contributed by atoms with Crippen molar-refractivity contribution in [2.45, 2.75) is 18.8 Å². The van der Waals surface area contributed by atoms with Gasteiger partial charge < -0.3 is 10.1 Å². The average Bonchev–Trinajstić information content (AvgIpc) is 2.43. The zero-order valence-corrected chi connectivity index (χ0v) is 11.1. The first-order chi connectivity index (χ1) is 9.67. The van der Waals surface area contributed by atoms with Crippen molar-refractivity contribution in [1.29, 1.82) is 0 Å². The lowest BCUT2D eigenvalue weighted by Gasteiger charge is -2.39. The lowest BCUT2D eigenvalue weighted by molar-refractivity contribution is 0.0734. The van der Waals surface area contributed by atoms with Gasteiger partial charge in [0, 0.05) is 19.6 Å². The van der Waals surface area contributed by atoms with Gasteiger partial charge in [-0.3, -0.25) is 4.90 Å². The van der Waals surface area contributed by atoms with Gasteiger partial charge in [0.05, 0.1) is 6.04 Å². The topological polar surface area (TPSA) is 41.6 Å². The molecule has 0 radical (unpaired) electrons. The van der Waals surface area contributed by atoms with Crippen LogP contribution in [0.4, 0.5) is 13.6 Å². The fourth-order valence-electron chi connectivity index (χ4n) is 2.07. The second kappa shape index (κ2) is 7.19. The van der Waals surface area contributed by atoms with Crippen molar-refractivity contribution in [3.05, 3.63) is 35.9 Å². The summed E-state index contributed by atoms with van der Waals surface area (Å²) in [5.41, 5.74) is 0.918. The Hall–Kier alpha value is -1.69. The molecule has 1 heterocycles. The number of halogens is 2. The van der Waals surface area contributed by atoms with Crippen LogP contribution in [0.15, 0.2) is 30.3 Å². The highest BCUT2D eigenvalue weighted by atomic mass is 19.2. The number of amides is 1. The number of rotatable bonds is 6. The highest BCUT2D eigenvalue weighted by Crippen LogP contribution is 2.10. The molecule has 0 spiro atoms. The molecule has 0 aromatic heterocycles. The molecule has 0 aliphatic carbocycles. The summed E-state index contributed by atoms with van der Waals surface area (Å²) in [6.07, 6.45) is -1.93. The standard InChI is InChI=1S/C14H18F2N2O2/c15-6-12(16)7-18-8-13(9-18)17-14(19)20-10-11-4-2-1-3-5-11/h1-5,12-13H,6-10H2,(H,17,19). The minimum absolute atomic E-state index is 0.0508. The molecule has 1 saturated heterocycles. The van der Waals surface area contributed by atoms with Crippen LogP contribution in [0.2, 0.25) is 0 Å². The Morgan fingerprint density at radius 3 is 2.75 bits per heavy atom. The number of likely N-dealkylation sites (tertiary alicyclic amines) is 1. The third-order valence-electron chi connectivity index (χ3n) is 3.12. The Kier molecular flexibility index (Phi) is 5.29. The molecule has 6 heteroatoms. The highest BCUT2D eigenvalue weighted by molar-refractivity contribution is 5.67. The number of nitrogens with zero attached hydrogens (tertiary/aromatic N) is 1. The fourth-order valence-corrected chi connectivity index (χ4v) is 2.07. The summed E-state index contributed by atoms with van der Waals surface area (Å²) in [4.78, 5) is 13.3. The largest absolute Gasteiger partial charge is 0.445 e. The third kappa shape index (κ3) is 4.45. The van der Waals surface area contributed by atoms with E-state index in [9.17, 15) is 13.6 Å². The maximum atomic E-state index is 12.8. The molecule has 1 N–H and O–H groups in total. The van der Waals surface area contributed by atoms with Crippen LogP contribution in [-0.4, -0.2) is 49.5 Å². The maximum absolute atomic E-state index is 12.8. The monoisotopic (exact) mass is 284 g/mol. The van der Waals surface area contributed by atoms with Crippen molar-refractivity contribution in [3.8, 4) is 0 Å². The number of hydrogen-bond acceptors (Lipinski definition) is 3. The first-order valence-corrected chi connectivity index (χ1v) is 6.57. The molecule has 20 heavy (non-hydrogen) atoms. The van der Waals surface area contributed by atoms with Gasteiger partial charge >= 0.3 is 6.09 Å². The predicted molar refractivity (Wildman–Crippen MR) is 70.9 cm³/mol. The average molecular weight is 284 g/mol. The number of carbonyl (C=O) groups excluding carboxylic acids is 1. The SMILES string of the molecule is O=C(NC1CN(CC(F)CF)C1)OCc1ccccc1. The first kappa shape index (κ1) is 14.7. The van der Waals surface area contributed by atoms with Crippen molar-refractivity contribution in [2.24, 2.45) is 0 Å². The van der Waals surface area contributed by atoms with E-state index < -0.39 is 18.9 Å². The number of alkyl halides is 2. The minimum atomic E-state index is -1.44. The van der Waals surface area contributed by atoms with Gasteiger partial charge in [0.25, 0.3) is 0 Å². The molecule has 1 aromatic rings. The molecule has 1 atom stereocenters. The third-order valence-corrected chi connectivity index (χ3v) is 3.12. The van der Waals surface area contributed by atoms with Crippen LogP contribution < -0.4 is 5.32 Å².